The first kappa shape index (κ1) is 30.4. The molecule has 2 saturated carbocycles. The monoisotopic (exact) mass is 556 g/mol. The first-order valence-electron chi connectivity index (χ1n) is 13.9. The Balaban J connectivity index is 1.64. The standard InChI is InChI=1S/C28H44O11/c1-14-12-17(37-15(2)30)23-26(3,4)19(39-25-22(33)21(32)20(31)18(13-29)38-25)7-9-27(23,5)28(14,35)10-6-16-8-11-36-24(16)34/h8,14,17-23,25,29,31-33,35H,6-7,9-13H2,1-5H3/t14-,17-,18-,19+,20-,21+,22-,23+,25+,27+,28-/m1/s1. The van der Waals surface area contributed by atoms with Gasteiger partial charge < -0.3 is 44.5 Å². The van der Waals surface area contributed by atoms with Crippen molar-refractivity contribution in [2.24, 2.45) is 22.7 Å². The molecule has 1 saturated heterocycles. The second-order valence-corrected chi connectivity index (χ2v) is 12.6. The molecule has 2 aliphatic carbocycles. The maximum absolute atomic E-state index is 12.4. The van der Waals surface area contributed by atoms with Crippen LogP contribution in [0.25, 0.3) is 0 Å². The van der Waals surface area contributed by atoms with E-state index in [0.717, 1.165) is 0 Å². The summed E-state index contributed by atoms with van der Waals surface area (Å²) in [5.41, 5.74) is -2.08. The van der Waals surface area contributed by atoms with E-state index in [2.05, 4.69) is 0 Å². The molecule has 2 heterocycles. The van der Waals surface area contributed by atoms with Crippen LogP contribution in [0.4, 0.5) is 0 Å². The van der Waals surface area contributed by atoms with E-state index >= 15 is 0 Å². The molecular weight excluding hydrogens is 512 g/mol. The van der Waals surface area contributed by atoms with Gasteiger partial charge >= 0.3 is 11.9 Å². The van der Waals surface area contributed by atoms with Gasteiger partial charge in [0.15, 0.2) is 6.29 Å². The highest BCUT2D eigenvalue weighted by molar-refractivity contribution is 5.90. The first-order valence-corrected chi connectivity index (χ1v) is 13.9. The van der Waals surface area contributed by atoms with E-state index in [9.17, 15) is 35.1 Å². The Morgan fingerprint density at radius 2 is 1.85 bits per heavy atom. The van der Waals surface area contributed by atoms with Crippen molar-refractivity contribution >= 4 is 11.9 Å². The lowest BCUT2D eigenvalue weighted by molar-refractivity contribution is -0.337. The van der Waals surface area contributed by atoms with Gasteiger partial charge in [0.2, 0.25) is 0 Å². The second kappa shape index (κ2) is 11.0. The zero-order valence-corrected chi connectivity index (χ0v) is 23.4. The average Bonchev–Trinajstić information content (AvgIpc) is 3.27. The van der Waals surface area contributed by atoms with E-state index in [-0.39, 0.29) is 24.4 Å². The lowest BCUT2D eigenvalue weighted by atomic mass is 9.42. The first-order chi connectivity index (χ1) is 18.2. The van der Waals surface area contributed by atoms with Gasteiger partial charge in [0, 0.05) is 23.8 Å². The molecule has 0 radical (unpaired) electrons. The van der Waals surface area contributed by atoms with Crippen LogP contribution in [0.2, 0.25) is 0 Å². The number of carbonyl (C=O) groups is 2. The minimum absolute atomic E-state index is 0.236. The molecule has 4 rings (SSSR count). The number of hydrogen-bond acceptors (Lipinski definition) is 11. The van der Waals surface area contributed by atoms with Crippen molar-refractivity contribution < 1.29 is 54.1 Å². The van der Waals surface area contributed by atoms with Gasteiger partial charge in [0.25, 0.3) is 0 Å². The molecule has 0 spiro atoms. The Hall–Kier alpha value is -1.60. The molecule has 2 aliphatic heterocycles. The Labute approximate surface area is 229 Å². The van der Waals surface area contributed by atoms with Gasteiger partial charge in [-0.05, 0) is 49.5 Å². The zero-order valence-electron chi connectivity index (χ0n) is 23.4. The van der Waals surface area contributed by atoms with E-state index < -0.39 is 71.9 Å². The number of aliphatic hydroxyl groups is 5. The molecule has 0 unspecified atom stereocenters. The van der Waals surface area contributed by atoms with Gasteiger partial charge in [-0.3, -0.25) is 4.79 Å². The quantitative estimate of drug-likeness (QED) is 0.219. The molecule has 11 heteroatoms. The fourth-order valence-electron chi connectivity index (χ4n) is 7.97. The Morgan fingerprint density at radius 1 is 1.15 bits per heavy atom. The molecule has 11 nitrogen and oxygen atoms in total. The third kappa shape index (κ3) is 5.16. The molecule has 5 N–H and O–H groups in total. The van der Waals surface area contributed by atoms with Gasteiger partial charge in [0.05, 0.1) is 18.3 Å². The van der Waals surface area contributed by atoms with E-state index in [4.69, 9.17) is 18.9 Å². The summed E-state index contributed by atoms with van der Waals surface area (Å²) in [5.74, 6) is -1.40. The van der Waals surface area contributed by atoms with Gasteiger partial charge in [-0.15, -0.1) is 0 Å². The number of ether oxygens (including phenoxy) is 4. The lowest BCUT2D eigenvalue weighted by Gasteiger charge is -2.66. The number of cyclic esters (lactones) is 1. The zero-order chi connectivity index (χ0) is 28.9. The van der Waals surface area contributed by atoms with E-state index in [1.807, 2.05) is 27.7 Å². The van der Waals surface area contributed by atoms with Crippen LogP contribution in [-0.4, -0.2) is 99.2 Å². The molecule has 0 amide bonds. The van der Waals surface area contributed by atoms with Crippen molar-refractivity contribution in [3.8, 4) is 0 Å². The van der Waals surface area contributed by atoms with Crippen LogP contribution in [-0.2, 0) is 28.5 Å². The van der Waals surface area contributed by atoms with Crippen LogP contribution >= 0.6 is 0 Å². The van der Waals surface area contributed by atoms with Crippen LogP contribution in [0, 0.1) is 22.7 Å². The summed E-state index contributed by atoms with van der Waals surface area (Å²) in [4.78, 5) is 24.3. The predicted molar refractivity (Wildman–Crippen MR) is 136 cm³/mol. The third-order valence-electron chi connectivity index (χ3n) is 10.1. The largest absolute Gasteiger partial charge is 0.462 e. The Bertz CT molecular complexity index is 963. The lowest BCUT2D eigenvalue weighted by Crippen LogP contribution is -2.69. The predicted octanol–water partition coefficient (Wildman–Crippen LogP) is 0.580. The maximum atomic E-state index is 12.4. The van der Waals surface area contributed by atoms with Gasteiger partial charge in [-0.2, -0.15) is 0 Å². The van der Waals surface area contributed by atoms with Crippen molar-refractivity contribution in [2.45, 2.75) is 115 Å². The molecule has 39 heavy (non-hydrogen) atoms. The van der Waals surface area contributed by atoms with Crippen molar-refractivity contribution in [1.29, 1.82) is 0 Å². The highest BCUT2D eigenvalue weighted by Crippen LogP contribution is 2.65. The molecular formula is C28H44O11. The number of carbonyl (C=O) groups excluding carboxylic acids is 2. The summed E-state index contributed by atoms with van der Waals surface area (Å²) < 4.78 is 22.8. The fraction of sp³-hybridized carbons (Fsp3) is 0.857. The Morgan fingerprint density at radius 3 is 2.44 bits per heavy atom. The van der Waals surface area contributed by atoms with Gasteiger partial charge in [-0.25, -0.2) is 4.79 Å². The number of rotatable bonds is 7. The number of hydrogen-bond donors (Lipinski definition) is 5. The fourth-order valence-corrected chi connectivity index (χ4v) is 7.97. The smallest absolute Gasteiger partial charge is 0.334 e. The maximum Gasteiger partial charge on any atom is 0.334 e. The van der Waals surface area contributed by atoms with Crippen LogP contribution in [0.1, 0.15) is 66.7 Å². The summed E-state index contributed by atoms with van der Waals surface area (Å²) in [6, 6.07) is 0. The summed E-state index contributed by atoms with van der Waals surface area (Å²) in [7, 11) is 0. The molecule has 11 atom stereocenters. The number of fused-ring (bicyclic) bond motifs is 1. The molecule has 0 bridgehead atoms. The topological polar surface area (TPSA) is 172 Å². The normalized spacial score (nSPS) is 45.7. The van der Waals surface area contributed by atoms with Crippen molar-refractivity contribution in [2.75, 3.05) is 13.2 Å². The molecule has 4 aliphatic rings. The van der Waals surface area contributed by atoms with E-state index in [1.165, 1.54) is 6.92 Å². The summed E-state index contributed by atoms with van der Waals surface area (Å²) >= 11 is 0. The van der Waals surface area contributed by atoms with E-state index in [1.54, 1.807) is 6.08 Å². The van der Waals surface area contributed by atoms with Crippen LogP contribution in [0.5, 0.6) is 0 Å². The van der Waals surface area contributed by atoms with Crippen LogP contribution in [0.3, 0.4) is 0 Å². The number of esters is 2. The molecule has 0 aromatic heterocycles. The summed E-state index contributed by atoms with van der Waals surface area (Å²) in [6.45, 7) is 8.92. The van der Waals surface area contributed by atoms with Crippen molar-refractivity contribution in [3.05, 3.63) is 11.6 Å². The minimum atomic E-state index is -1.57. The van der Waals surface area contributed by atoms with Crippen LogP contribution < -0.4 is 0 Å². The average molecular weight is 557 g/mol. The summed E-state index contributed by atoms with van der Waals surface area (Å²) in [5, 5.41) is 53.0. The molecule has 222 valence electrons. The highest BCUT2D eigenvalue weighted by atomic mass is 16.7. The van der Waals surface area contributed by atoms with Crippen molar-refractivity contribution in [3.63, 3.8) is 0 Å². The second-order valence-electron chi connectivity index (χ2n) is 12.6. The minimum Gasteiger partial charge on any atom is -0.462 e. The van der Waals surface area contributed by atoms with E-state index in [0.29, 0.717) is 37.7 Å². The van der Waals surface area contributed by atoms with Gasteiger partial charge in [0.1, 0.15) is 37.1 Å². The van der Waals surface area contributed by atoms with Crippen molar-refractivity contribution in [1.82, 2.24) is 0 Å². The third-order valence-corrected chi connectivity index (χ3v) is 10.1. The molecule has 0 aromatic rings. The summed E-state index contributed by atoms with van der Waals surface area (Å²) in [6.07, 6.45) is -4.26. The molecule has 0 aromatic carbocycles. The number of aliphatic hydroxyl groups excluding tert-OH is 4. The highest BCUT2D eigenvalue weighted by Gasteiger charge is 2.67. The van der Waals surface area contributed by atoms with Crippen LogP contribution in [0.15, 0.2) is 11.6 Å². The van der Waals surface area contributed by atoms with Gasteiger partial charge in [-0.1, -0.05) is 27.7 Å². The molecule has 3 fully saturated rings. The SMILES string of the molecule is CC(=O)O[C@@H]1C[C@@H](C)[C@](O)(CCC2=CCOC2=O)[C@@]2(C)CC[C@H](O[C@@H]3O[C@H](CO)[C@@H](O)[C@H](O)[C@H]3O)C(C)(C)[C@H]12. The Kier molecular flexibility index (Phi) is 8.56.